The van der Waals surface area contributed by atoms with Crippen molar-refractivity contribution < 1.29 is 19.0 Å². The first kappa shape index (κ1) is 12.0. The lowest BCUT2D eigenvalue weighted by molar-refractivity contribution is -0.204. The quantitative estimate of drug-likeness (QED) is 0.770. The van der Waals surface area contributed by atoms with Crippen molar-refractivity contribution in [2.45, 2.75) is 24.1 Å². The fourth-order valence-corrected chi connectivity index (χ4v) is 2.97. The first-order valence-corrected chi connectivity index (χ1v) is 6.62. The Morgan fingerprint density at radius 2 is 2.00 bits per heavy atom. The fraction of sp³-hybridized carbons (Fsp3) is 0.312. The van der Waals surface area contributed by atoms with E-state index in [1.807, 2.05) is 30.3 Å². The molecule has 0 bridgehead atoms. The van der Waals surface area contributed by atoms with Crippen LogP contribution in [-0.4, -0.2) is 30.9 Å². The van der Waals surface area contributed by atoms with Gasteiger partial charge in [-0.15, -0.1) is 0 Å². The van der Waals surface area contributed by atoms with Crippen LogP contribution in [0, 0.1) is 0 Å². The predicted octanol–water partition coefficient (Wildman–Crippen LogP) is 1.93. The lowest BCUT2D eigenvalue weighted by Gasteiger charge is -2.39. The smallest absolute Gasteiger partial charge is 0.214 e. The van der Waals surface area contributed by atoms with E-state index >= 15 is 0 Å². The zero-order chi connectivity index (χ0) is 13.7. The van der Waals surface area contributed by atoms with E-state index in [1.165, 1.54) is 6.08 Å². The minimum atomic E-state index is -0.980. The summed E-state index contributed by atoms with van der Waals surface area (Å²) in [5.74, 6) is -1.03. The molecule has 4 heteroatoms. The number of hydrogen-bond donors (Lipinski definition) is 0. The van der Waals surface area contributed by atoms with E-state index in [0.717, 1.165) is 11.1 Å². The maximum Gasteiger partial charge on any atom is 0.214 e. The highest BCUT2D eigenvalue weighted by atomic mass is 16.7. The van der Waals surface area contributed by atoms with Gasteiger partial charge in [-0.2, -0.15) is 0 Å². The Hall–Kier alpha value is -1.75. The summed E-state index contributed by atoms with van der Waals surface area (Å²) >= 11 is 0. The van der Waals surface area contributed by atoms with Gasteiger partial charge in [0.05, 0.1) is 0 Å². The van der Waals surface area contributed by atoms with Crippen LogP contribution in [-0.2, 0) is 19.0 Å². The molecule has 1 aromatic rings. The SMILES string of the molecule is CO[C@]12C=CC(=O)C=C1[C@H]1O[C@H]1[C@H](c1ccccc1)O2. The minimum absolute atomic E-state index is 0.0359. The summed E-state index contributed by atoms with van der Waals surface area (Å²) in [5.41, 5.74) is 1.82. The highest BCUT2D eigenvalue weighted by Gasteiger charge is 2.61. The molecule has 4 atom stereocenters. The van der Waals surface area contributed by atoms with Crippen LogP contribution in [0.2, 0.25) is 0 Å². The molecule has 0 radical (unpaired) electrons. The van der Waals surface area contributed by atoms with Gasteiger partial charge < -0.3 is 14.2 Å². The van der Waals surface area contributed by atoms with E-state index in [1.54, 1.807) is 19.3 Å². The largest absolute Gasteiger partial charge is 0.361 e. The van der Waals surface area contributed by atoms with Crippen LogP contribution >= 0.6 is 0 Å². The molecular weight excluding hydrogens is 256 g/mol. The molecule has 2 saturated heterocycles. The average molecular weight is 270 g/mol. The molecule has 4 nitrogen and oxygen atoms in total. The molecule has 1 aliphatic carbocycles. The number of hydrogen-bond acceptors (Lipinski definition) is 4. The maximum absolute atomic E-state index is 11.6. The molecule has 2 aliphatic heterocycles. The van der Waals surface area contributed by atoms with E-state index in [4.69, 9.17) is 14.2 Å². The maximum atomic E-state index is 11.6. The van der Waals surface area contributed by atoms with Crippen molar-refractivity contribution in [2.75, 3.05) is 7.11 Å². The van der Waals surface area contributed by atoms with Crippen molar-refractivity contribution in [3.8, 4) is 0 Å². The lowest BCUT2D eigenvalue weighted by atomic mass is 9.88. The molecule has 2 heterocycles. The third-order valence-electron chi connectivity index (χ3n) is 4.03. The van der Waals surface area contributed by atoms with E-state index in [-0.39, 0.29) is 24.1 Å². The van der Waals surface area contributed by atoms with E-state index in [9.17, 15) is 4.79 Å². The number of ketones is 1. The second-order valence-corrected chi connectivity index (χ2v) is 5.18. The molecule has 0 saturated carbocycles. The first-order valence-electron chi connectivity index (χ1n) is 6.62. The van der Waals surface area contributed by atoms with Crippen molar-refractivity contribution in [1.29, 1.82) is 0 Å². The standard InChI is InChI=1S/C16H14O4/c1-18-16-8-7-11(17)9-12(16)14-15(19-14)13(20-16)10-5-3-2-4-6-10/h2-9,13-15H,1H3/t13-,14+,15-,16-/m0/s1. The van der Waals surface area contributed by atoms with Crippen molar-refractivity contribution in [3.05, 3.63) is 59.7 Å². The van der Waals surface area contributed by atoms with Gasteiger partial charge in [0.15, 0.2) is 5.78 Å². The average Bonchev–Trinajstić information content (AvgIpc) is 3.28. The highest BCUT2D eigenvalue weighted by molar-refractivity contribution is 6.01. The van der Waals surface area contributed by atoms with Crippen molar-refractivity contribution in [3.63, 3.8) is 0 Å². The monoisotopic (exact) mass is 270 g/mol. The van der Waals surface area contributed by atoms with Crippen LogP contribution < -0.4 is 0 Å². The number of benzene rings is 1. The normalized spacial score (nSPS) is 38.0. The molecule has 0 N–H and O–H groups in total. The van der Waals surface area contributed by atoms with Crippen LogP contribution in [0.4, 0.5) is 0 Å². The van der Waals surface area contributed by atoms with Gasteiger partial charge in [0.1, 0.15) is 18.3 Å². The van der Waals surface area contributed by atoms with Crippen molar-refractivity contribution in [1.82, 2.24) is 0 Å². The minimum Gasteiger partial charge on any atom is -0.361 e. The number of fused-ring (bicyclic) bond motifs is 3. The topological polar surface area (TPSA) is 48.1 Å². The molecular formula is C16H14O4. The summed E-state index contributed by atoms with van der Waals surface area (Å²) in [6.07, 6.45) is 4.41. The Bertz CT molecular complexity index is 619. The second-order valence-electron chi connectivity index (χ2n) is 5.18. The molecule has 0 amide bonds. The summed E-state index contributed by atoms with van der Waals surface area (Å²) in [6.45, 7) is 0. The highest BCUT2D eigenvalue weighted by Crippen LogP contribution is 2.53. The number of carbonyl (C=O) groups excluding carboxylic acids is 1. The van der Waals surface area contributed by atoms with E-state index < -0.39 is 5.79 Å². The molecule has 1 aromatic carbocycles. The first-order chi connectivity index (χ1) is 9.73. The van der Waals surface area contributed by atoms with Crippen molar-refractivity contribution >= 4 is 5.78 Å². The van der Waals surface area contributed by atoms with Gasteiger partial charge in [-0.25, -0.2) is 0 Å². The van der Waals surface area contributed by atoms with Crippen LogP contribution in [0.3, 0.4) is 0 Å². The number of carbonyl (C=O) groups is 1. The Morgan fingerprint density at radius 3 is 2.75 bits per heavy atom. The second kappa shape index (κ2) is 4.12. The lowest BCUT2D eigenvalue weighted by Crippen LogP contribution is -2.45. The zero-order valence-corrected chi connectivity index (χ0v) is 11.0. The van der Waals surface area contributed by atoms with Gasteiger partial charge in [-0.1, -0.05) is 30.3 Å². The van der Waals surface area contributed by atoms with Crippen LogP contribution in [0.1, 0.15) is 11.7 Å². The van der Waals surface area contributed by atoms with Gasteiger partial charge in [-0.3, -0.25) is 4.79 Å². The summed E-state index contributed by atoms with van der Waals surface area (Å²) in [5, 5.41) is 0. The van der Waals surface area contributed by atoms with Gasteiger partial charge in [0.2, 0.25) is 5.79 Å². The van der Waals surface area contributed by atoms with Gasteiger partial charge in [0.25, 0.3) is 0 Å². The zero-order valence-electron chi connectivity index (χ0n) is 11.0. The molecule has 3 aliphatic rings. The number of epoxide rings is 1. The van der Waals surface area contributed by atoms with Crippen LogP contribution in [0.25, 0.3) is 0 Å². The number of methoxy groups -OCH3 is 1. The van der Waals surface area contributed by atoms with Gasteiger partial charge in [-0.05, 0) is 23.8 Å². The summed E-state index contributed by atoms with van der Waals surface area (Å²) in [4.78, 5) is 11.6. The van der Waals surface area contributed by atoms with Crippen LogP contribution in [0.15, 0.2) is 54.1 Å². The summed E-state index contributed by atoms with van der Waals surface area (Å²) in [7, 11) is 1.58. The van der Waals surface area contributed by atoms with Gasteiger partial charge >= 0.3 is 0 Å². The Balaban J connectivity index is 1.74. The number of rotatable bonds is 2. The Morgan fingerprint density at radius 1 is 1.20 bits per heavy atom. The van der Waals surface area contributed by atoms with E-state index in [2.05, 4.69) is 0 Å². The molecule has 102 valence electrons. The molecule has 2 fully saturated rings. The Labute approximate surface area is 116 Å². The Kier molecular flexibility index (Phi) is 2.48. The molecule has 4 rings (SSSR count). The molecule has 20 heavy (non-hydrogen) atoms. The van der Waals surface area contributed by atoms with Crippen LogP contribution in [0.5, 0.6) is 0 Å². The van der Waals surface area contributed by atoms with Gasteiger partial charge in [0, 0.05) is 12.7 Å². The predicted molar refractivity (Wildman–Crippen MR) is 70.9 cm³/mol. The third kappa shape index (κ3) is 1.62. The van der Waals surface area contributed by atoms with E-state index in [0.29, 0.717) is 0 Å². The molecule has 0 aromatic heterocycles. The fourth-order valence-electron chi connectivity index (χ4n) is 2.97. The number of ether oxygens (including phenoxy) is 3. The number of allylic oxidation sites excluding steroid dienone is 2. The summed E-state index contributed by atoms with van der Waals surface area (Å²) < 4.78 is 17.5. The molecule has 0 unspecified atom stereocenters. The summed E-state index contributed by atoms with van der Waals surface area (Å²) in [6, 6.07) is 9.94. The molecule has 0 spiro atoms. The van der Waals surface area contributed by atoms with Crippen molar-refractivity contribution in [2.24, 2.45) is 0 Å². The third-order valence-corrected chi connectivity index (χ3v) is 4.03.